The van der Waals surface area contributed by atoms with Gasteiger partial charge in [0.25, 0.3) is 11.9 Å². The molecule has 0 saturated heterocycles. The third-order valence-corrected chi connectivity index (χ3v) is 5.01. The lowest BCUT2D eigenvalue weighted by molar-refractivity contribution is -0.304. The Morgan fingerprint density at radius 2 is 1.78 bits per heavy atom. The standard InChI is InChI=1S/C19H18ClF6N5O/c1-3-12(29-15-14(20)13(4-2)30-17-27-9-28-31(15)17)10-5-7-11(8-6-10)32-19(25,26)16(21)18(22,23)24/h5-9,12,16,29H,3-4H2,1-2H3. The molecule has 2 aromatic heterocycles. The van der Waals surface area contributed by atoms with Crippen LogP contribution in [0.1, 0.15) is 37.6 Å². The summed E-state index contributed by atoms with van der Waals surface area (Å²) in [6.45, 7) is 3.72. The van der Waals surface area contributed by atoms with Crippen molar-refractivity contribution in [1.82, 2.24) is 19.6 Å². The Hall–Kier alpha value is -2.76. The molecule has 0 radical (unpaired) electrons. The van der Waals surface area contributed by atoms with E-state index in [0.29, 0.717) is 40.7 Å². The fourth-order valence-electron chi connectivity index (χ4n) is 2.98. The maximum absolute atomic E-state index is 13.5. The predicted octanol–water partition coefficient (Wildman–Crippen LogP) is 5.78. The molecule has 3 rings (SSSR count). The summed E-state index contributed by atoms with van der Waals surface area (Å²) in [4.78, 5) is 8.37. The monoisotopic (exact) mass is 481 g/mol. The molecule has 0 bridgehead atoms. The van der Waals surface area contributed by atoms with Crippen LogP contribution in [-0.2, 0) is 6.42 Å². The van der Waals surface area contributed by atoms with Gasteiger partial charge >= 0.3 is 12.3 Å². The van der Waals surface area contributed by atoms with E-state index >= 15 is 0 Å². The normalized spacial score (nSPS) is 14.4. The van der Waals surface area contributed by atoms with Gasteiger partial charge in [0.15, 0.2) is 5.82 Å². The molecule has 0 fully saturated rings. The molecule has 6 nitrogen and oxygen atoms in total. The summed E-state index contributed by atoms with van der Waals surface area (Å²) in [6, 6.07) is 4.44. The highest BCUT2D eigenvalue weighted by atomic mass is 35.5. The van der Waals surface area contributed by atoms with Crippen LogP contribution in [0.3, 0.4) is 0 Å². The van der Waals surface area contributed by atoms with Crippen molar-refractivity contribution in [3.05, 3.63) is 46.9 Å². The molecule has 2 unspecified atom stereocenters. The Labute approximate surface area is 183 Å². The first-order valence-corrected chi connectivity index (χ1v) is 9.87. The molecule has 174 valence electrons. The molecular weight excluding hydrogens is 464 g/mol. The number of nitrogens with zero attached hydrogens (tertiary/aromatic N) is 4. The molecule has 2 atom stereocenters. The van der Waals surface area contributed by atoms with Gasteiger partial charge in [-0.3, -0.25) is 0 Å². The molecule has 13 heteroatoms. The molecule has 0 saturated carbocycles. The molecule has 1 N–H and O–H groups in total. The van der Waals surface area contributed by atoms with Crippen LogP contribution in [0, 0.1) is 0 Å². The van der Waals surface area contributed by atoms with Gasteiger partial charge in [-0.15, -0.1) is 0 Å². The summed E-state index contributed by atoms with van der Waals surface area (Å²) in [6.07, 6.45) is -12.9. The summed E-state index contributed by atoms with van der Waals surface area (Å²) in [7, 11) is 0. The maximum atomic E-state index is 13.5. The summed E-state index contributed by atoms with van der Waals surface area (Å²) in [5.74, 6) is 0.143. The van der Waals surface area contributed by atoms with Crippen LogP contribution in [0.25, 0.3) is 5.78 Å². The Morgan fingerprint density at radius 3 is 2.34 bits per heavy atom. The SMILES string of the molecule is CCc1nc2ncnn2c(NC(CC)c2ccc(OC(F)(F)C(F)C(F)(F)F)cc2)c1Cl. The van der Waals surface area contributed by atoms with E-state index in [1.165, 1.54) is 23.0 Å². The van der Waals surface area contributed by atoms with Gasteiger partial charge in [0.2, 0.25) is 0 Å². The molecule has 3 aromatic rings. The van der Waals surface area contributed by atoms with Gasteiger partial charge in [-0.05, 0) is 30.5 Å². The largest absolute Gasteiger partial charge is 0.439 e. The number of halogens is 7. The number of aromatic nitrogens is 4. The number of anilines is 1. The number of rotatable bonds is 8. The van der Waals surface area contributed by atoms with Crippen molar-refractivity contribution in [2.24, 2.45) is 0 Å². The minimum atomic E-state index is -5.76. The molecule has 0 aliphatic rings. The Bertz CT molecular complexity index is 1070. The molecule has 1 aromatic carbocycles. The first kappa shape index (κ1) is 23.9. The van der Waals surface area contributed by atoms with Crippen molar-refractivity contribution in [2.75, 3.05) is 5.32 Å². The molecule has 0 amide bonds. The first-order valence-electron chi connectivity index (χ1n) is 9.50. The van der Waals surface area contributed by atoms with Crippen LogP contribution >= 0.6 is 11.6 Å². The van der Waals surface area contributed by atoms with E-state index in [9.17, 15) is 26.3 Å². The highest BCUT2D eigenvalue weighted by Crippen LogP contribution is 2.37. The van der Waals surface area contributed by atoms with E-state index in [1.807, 2.05) is 13.8 Å². The average molecular weight is 482 g/mol. The smallest absolute Gasteiger partial charge is 0.430 e. The molecule has 32 heavy (non-hydrogen) atoms. The molecule has 0 aliphatic carbocycles. The van der Waals surface area contributed by atoms with Crippen LogP contribution < -0.4 is 10.1 Å². The maximum Gasteiger partial charge on any atom is 0.439 e. The lowest BCUT2D eigenvalue weighted by Gasteiger charge is -2.24. The van der Waals surface area contributed by atoms with Gasteiger partial charge in [0.1, 0.15) is 17.1 Å². The quantitative estimate of drug-likeness (QED) is 0.413. The van der Waals surface area contributed by atoms with E-state index in [0.717, 1.165) is 12.1 Å². The van der Waals surface area contributed by atoms with Crippen LogP contribution in [-0.4, -0.2) is 38.0 Å². The zero-order valence-corrected chi connectivity index (χ0v) is 17.6. The lowest BCUT2D eigenvalue weighted by atomic mass is 10.0. The minimum absolute atomic E-state index is 0.333. The number of hydrogen-bond donors (Lipinski definition) is 1. The summed E-state index contributed by atoms with van der Waals surface area (Å²) in [5.41, 5.74) is 1.19. The van der Waals surface area contributed by atoms with Crippen LogP contribution in [0.5, 0.6) is 5.75 Å². The summed E-state index contributed by atoms with van der Waals surface area (Å²) < 4.78 is 82.2. The Kier molecular flexibility index (Phi) is 6.72. The number of hydrogen-bond acceptors (Lipinski definition) is 5. The Balaban J connectivity index is 1.83. The second-order valence-electron chi connectivity index (χ2n) is 6.79. The second-order valence-corrected chi connectivity index (χ2v) is 7.17. The Morgan fingerprint density at radius 1 is 1.12 bits per heavy atom. The van der Waals surface area contributed by atoms with Crippen LogP contribution in [0.2, 0.25) is 5.02 Å². The first-order chi connectivity index (χ1) is 15.0. The van der Waals surface area contributed by atoms with Gasteiger partial charge in [-0.2, -0.15) is 36.6 Å². The van der Waals surface area contributed by atoms with Crippen LogP contribution in [0.4, 0.5) is 32.2 Å². The zero-order chi connectivity index (χ0) is 23.7. The minimum Gasteiger partial charge on any atom is -0.430 e. The van der Waals surface area contributed by atoms with E-state index in [2.05, 4.69) is 25.1 Å². The third kappa shape index (κ3) is 4.84. The van der Waals surface area contributed by atoms with Crippen molar-refractivity contribution in [1.29, 1.82) is 0 Å². The number of benzene rings is 1. The van der Waals surface area contributed by atoms with Gasteiger partial charge < -0.3 is 10.1 Å². The van der Waals surface area contributed by atoms with Crippen molar-refractivity contribution in [2.45, 2.75) is 51.2 Å². The summed E-state index contributed by atoms with van der Waals surface area (Å²) >= 11 is 6.45. The highest BCUT2D eigenvalue weighted by molar-refractivity contribution is 6.33. The van der Waals surface area contributed by atoms with Crippen molar-refractivity contribution in [3.63, 3.8) is 0 Å². The summed E-state index contributed by atoms with van der Waals surface area (Å²) in [5, 5.41) is 7.64. The average Bonchev–Trinajstić information content (AvgIpc) is 3.20. The van der Waals surface area contributed by atoms with Gasteiger partial charge in [-0.25, -0.2) is 9.37 Å². The van der Waals surface area contributed by atoms with Crippen molar-refractivity contribution >= 4 is 23.2 Å². The third-order valence-electron chi connectivity index (χ3n) is 4.61. The number of aryl methyl sites for hydroxylation is 1. The number of ether oxygens (including phenoxy) is 1. The van der Waals surface area contributed by atoms with E-state index in [1.54, 1.807) is 0 Å². The van der Waals surface area contributed by atoms with E-state index in [-0.39, 0.29) is 6.04 Å². The van der Waals surface area contributed by atoms with Crippen molar-refractivity contribution in [3.8, 4) is 5.75 Å². The van der Waals surface area contributed by atoms with Crippen LogP contribution in [0.15, 0.2) is 30.6 Å². The fourth-order valence-corrected chi connectivity index (χ4v) is 3.29. The molecular formula is C19H18ClF6N5O. The van der Waals surface area contributed by atoms with Gasteiger partial charge in [0.05, 0.1) is 11.7 Å². The number of fused-ring (bicyclic) bond motifs is 1. The fraction of sp³-hybridized carbons (Fsp3) is 0.421. The predicted molar refractivity (Wildman–Crippen MR) is 105 cm³/mol. The zero-order valence-electron chi connectivity index (χ0n) is 16.8. The van der Waals surface area contributed by atoms with Crippen molar-refractivity contribution < 1.29 is 31.1 Å². The molecule has 0 spiro atoms. The molecule has 0 aliphatic heterocycles. The van der Waals surface area contributed by atoms with Gasteiger partial charge in [-0.1, -0.05) is 37.6 Å². The van der Waals surface area contributed by atoms with Gasteiger partial charge in [0, 0.05) is 0 Å². The molecule has 2 heterocycles. The topological polar surface area (TPSA) is 64.3 Å². The lowest BCUT2D eigenvalue weighted by Crippen LogP contribution is -2.45. The number of alkyl halides is 6. The highest BCUT2D eigenvalue weighted by Gasteiger charge is 2.59. The number of nitrogens with one attached hydrogen (secondary N) is 1. The second kappa shape index (κ2) is 9.00. The van der Waals surface area contributed by atoms with E-state index < -0.39 is 24.2 Å². The van der Waals surface area contributed by atoms with E-state index in [4.69, 9.17) is 11.6 Å².